The van der Waals surface area contributed by atoms with Gasteiger partial charge in [-0.1, -0.05) is 36.7 Å². The second-order valence-corrected chi connectivity index (χ2v) is 7.80. The molecule has 3 atom stereocenters. The van der Waals surface area contributed by atoms with Gasteiger partial charge in [0, 0.05) is 27.4 Å². The van der Waals surface area contributed by atoms with Crippen LogP contribution >= 0.6 is 31.9 Å². The van der Waals surface area contributed by atoms with E-state index in [9.17, 15) is 9.59 Å². The molecule has 0 saturated heterocycles. The minimum Gasteiger partial charge on any atom is -0.346 e. The fourth-order valence-corrected chi connectivity index (χ4v) is 4.04. The first-order chi connectivity index (χ1) is 8.18. The zero-order chi connectivity index (χ0) is 14.0. The lowest BCUT2D eigenvalue weighted by atomic mass is 9.62. The molecule has 18 heavy (non-hydrogen) atoms. The number of carbonyl (C=O) groups is 2. The van der Waals surface area contributed by atoms with E-state index < -0.39 is 0 Å². The Balaban J connectivity index is 2.85. The Kier molecular flexibility index (Phi) is 5.23. The number of nitrogens with one attached hydrogen (secondary N) is 2. The third-order valence-electron chi connectivity index (χ3n) is 3.54. The molecule has 3 unspecified atom stereocenters. The molecule has 2 amide bonds. The molecular weight excluding hydrogens is 364 g/mol. The molecule has 1 saturated carbocycles. The minimum atomic E-state index is -0.179. The third kappa shape index (κ3) is 4.23. The third-order valence-corrected chi connectivity index (χ3v) is 5.14. The van der Waals surface area contributed by atoms with Crippen molar-refractivity contribution in [1.29, 1.82) is 0 Å². The second kappa shape index (κ2) is 5.90. The van der Waals surface area contributed by atoms with Gasteiger partial charge in [-0.05, 0) is 24.7 Å². The van der Waals surface area contributed by atoms with Crippen LogP contribution in [0.15, 0.2) is 0 Å². The summed E-state index contributed by atoms with van der Waals surface area (Å²) in [6.07, 6.45) is 3.49. The molecular formula is C12H20Br2N2O2. The molecule has 1 aliphatic carbocycles. The van der Waals surface area contributed by atoms with Gasteiger partial charge in [0.1, 0.15) is 0 Å². The van der Waals surface area contributed by atoms with E-state index in [2.05, 4.69) is 63.3 Å². The average molecular weight is 384 g/mol. The van der Waals surface area contributed by atoms with Gasteiger partial charge in [-0.2, -0.15) is 0 Å². The Morgan fingerprint density at radius 2 is 2.00 bits per heavy atom. The van der Waals surface area contributed by atoms with Gasteiger partial charge in [0.05, 0.1) is 4.95 Å². The Morgan fingerprint density at radius 1 is 1.39 bits per heavy atom. The minimum absolute atomic E-state index is 0.0806. The molecule has 0 aromatic rings. The predicted molar refractivity (Wildman–Crippen MR) is 78.9 cm³/mol. The van der Waals surface area contributed by atoms with Crippen molar-refractivity contribution in [2.75, 3.05) is 0 Å². The van der Waals surface area contributed by atoms with E-state index in [4.69, 9.17) is 0 Å². The molecule has 1 rings (SSSR count). The Hall–Kier alpha value is -0.100. The highest BCUT2D eigenvalue weighted by atomic mass is 79.9. The van der Waals surface area contributed by atoms with Gasteiger partial charge < -0.3 is 10.6 Å². The summed E-state index contributed by atoms with van der Waals surface area (Å²) in [7, 11) is 0. The van der Waals surface area contributed by atoms with Crippen molar-refractivity contribution in [2.24, 2.45) is 10.8 Å². The molecule has 2 N–H and O–H groups in total. The molecule has 1 aliphatic rings. The lowest BCUT2D eigenvalue weighted by molar-refractivity contribution is -0.110. The van der Waals surface area contributed by atoms with Gasteiger partial charge in [-0.3, -0.25) is 9.59 Å². The van der Waals surface area contributed by atoms with Crippen molar-refractivity contribution < 1.29 is 9.59 Å². The fourth-order valence-electron chi connectivity index (χ4n) is 3.26. The number of hydrogen-bond acceptors (Lipinski definition) is 2. The van der Waals surface area contributed by atoms with Gasteiger partial charge in [-0.25, -0.2) is 0 Å². The normalized spacial score (nSPS) is 32.4. The molecule has 0 bridgehead atoms. The molecule has 0 aromatic carbocycles. The maximum absolute atomic E-state index is 11.2. The Morgan fingerprint density at radius 3 is 2.50 bits per heavy atom. The second-order valence-electron chi connectivity index (χ2n) is 6.17. The zero-order valence-corrected chi connectivity index (χ0v) is 14.1. The van der Waals surface area contributed by atoms with E-state index in [-0.39, 0.29) is 26.6 Å². The summed E-state index contributed by atoms with van der Waals surface area (Å²) in [4.78, 5) is 21.5. The topological polar surface area (TPSA) is 58.2 Å². The SMILES string of the molecule is CC1(C)CC(NC(=O)Br)CC(C)(C(Br)NC=O)C1. The van der Waals surface area contributed by atoms with Crippen LogP contribution in [0.4, 0.5) is 4.79 Å². The molecule has 0 heterocycles. The van der Waals surface area contributed by atoms with Crippen molar-refractivity contribution >= 4 is 43.1 Å². The van der Waals surface area contributed by atoms with Crippen LogP contribution in [-0.4, -0.2) is 22.2 Å². The van der Waals surface area contributed by atoms with E-state index in [0.29, 0.717) is 6.41 Å². The first-order valence-corrected chi connectivity index (χ1v) is 7.69. The highest BCUT2D eigenvalue weighted by molar-refractivity contribution is 9.18. The van der Waals surface area contributed by atoms with Gasteiger partial charge >= 0.3 is 0 Å². The van der Waals surface area contributed by atoms with Crippen LogP contribution in [0.2, 0.25) is 0 Å². The summed E-state index contributed by atoms with van der Waals surface area (Å²) in [6.45, 7) is 6.52. The summed E-state index contributed by atoms with van der Waals surface area (Å²) in [5.74, 6) is 0. The van der Waals surface area contributed by atoms with Crippen LogP contribution in [0.25, 0.3) is 0 Å². The summed E-state index contributed by atoms with van der Waals surface area (Å²) < 4.78 is 0. The molecule has 6 heteroatoms. The first kappa shape index (κ1) is 16.0. The highest BCUT2D eigenvalue weighted by Crippen LogP contribution is 2.49. The van der Waals surface area contributed by atoms with Gasteiger partial charge in [0.15, 0.2) is 0 Å². The molecule has 4 nitrogen and oxygen atoms in total. The van der Waals surface area contributed by atoms with Crippen LogP contribution in [0.3, 0.4) is 0 Å². The number of alkyl halides is 1. The first-order valence-electron chi connectivity index (χ1n) is 5.98. The van der Waals surface area contributed by atoms with E-state index in [0.717, 1.165) is 19.3 Å². The lowest BCUT2D eigenvalue weighted by Gasteiger charge is -2.48. The van der Waals surface area contributed by atoms with Crippen molar-refractivity contribution in [1.82, 2.24) is 10.6 Å². The fraction of sp³-hybridized carbons (Fsp3) is 0.833. The molecule has 0 radical (unpaired) electrons. The molecule has 0 aliphatic heterocycles. The smallest absolute Gasteiger partial charge is 0.287 e. The van der Waals surface area contributed by atoms with E-state index in [1.165, 1.54) is 0 Å². The summed E-state index contributed by atoms with van der Waals surface area (Å²) in [5, 5.41) is 5.71. The number of halogens is 2. The monoisotopic (exact) mass is 382 g/mol. The summed E-state index contributed by atoms with van der Waals surface area (Å²) >= 11 is 6.45. The lowest BCUT2D eigenvalue weighted by Crippen LogP contribution is -2.51. The van der Waals surface area contributed by atoms with Crippen LogP contribution < -0.4 is 10.6 Å². The largest absolute Gasteiger partial charge is 0.346 e. The van der Waals surface area contributed by atoms with Crippen LogP contribution in [0.5, 0.6) is 0 Å². The predicted octanol–water partition coefficient (Wildman–Crippen LogP) is 3.14. The van der Waals surface area contributed by atoms with Crippen molar-refractivity contribution in [3.05, 3.63) is 0 Å². The standard InChI is InChI=1S/C12H20Br2N2O2/c1-11(2)4-8(16-10(14)18)5-12(3,6-11)9(13)15-7-17/h7-9H,4-6H2,1-3H3,(H,15,17)(H,16,18). The van der Waals surface area contributed by atoms with Crippen molar-refractivity contribution in [3.8, 4) is 0 Å². The van der Waals surface area contributed by atoms with Crippen molar-refractivity contribution in [2.45, 2.75) is 51.0 Å². The maximum Gasteiger partial charge on any atom is 0.287 e. The molecule has 104 valence electrons. The maximum atomic E-state index is 11.2. The molecule has 0 spiro atoms. The Bertz CT molecular complexity index is 336. The van der Waals surface area contributed by atoms with Gasteiger partial charge in [0.2, 0.25) is 6.41 Å². The summed E-state index contributed by atoms with van der Waals surface area (Å²) in [5.41, 5.74) is 0.0481. The number of rotatable bonds is 4. The van der Waals surface area contributed by atoms with E-state index >= 15 is 0 Å². The van der Waals surface area contributed by atoms with E-state index in [1.807, 2.05) is 0 Å². The average Bonchev–Trinajstić information content (AvgIpc) is 2.13. The molecule has 0 aromatic heterocycles. The number of carbonyl (C=O) groups excluding carboxylic acids is 2. The quantitative estimate of drug-likeness (QED) is 0.339. The van der Waals surface area contributed by atoms with Crippen LogP contribution in [0, 0.1) is 10.8 Å². The zero-order valence-electron chi connectivity index (χ0n) is 10.9. The number of amides is 2. The van der Waals surface area contributed by atoms with Gasteiger partial charge in [0.25, 0.3) is 4.82 Å². The number of hydrogen-bond donors (Lipinski definition) is 2. The summed E-state index contributed by atoms with van der Waals surface area (Å²) in [6, 6.07) is 0.124. The Labute approximate surface area is 125 Å². The van der Waals surface area contributed by atoms with Crippen molar-refractivity contribution in [3.63, 3.8) is 0 Å². The van der Waals surface area contributed by atoms with E-state index in [1.54, 1.807) is 0 Å². The van der Waals surface area contributed by atoms with Gasteiger partial charge in [-0.15, -0.1) is 0 Å². The highest BCUT2D eigenvalue weighted by Gasteiger charge is 2.45. The van der Waals surface area contributed by atoms with Crippen LogP contribution in [-0.2, 0) is 4.79 Å². The molecule has 1 fully saturated rings. The van der Waals surface area contributed by atoms with Crippen LogP contribution in [0.1, 0.15) is 40.0 Å².